The van der Waals surface area contributed by atoms with E-state index in [0.717, 1.165) is 31.3 Å². The standard InChI is InChI=1S/C16H25N3.HI/c1-4-13-5-7-14(8-6-13)9-10-18-16(17-3)19-15-11-12(15)2;/h5-8,12,15H,4,9-11H2,1-3H3,(H2,17,18,19);1H. The van der Waals surface area contributed by atoms with Gasteiger partial charge in [0.05, 0.1) is 0 Å². The highest BCUT2D eigenvalue weighted by atomic mass is 127. The van der Waals surface area contributed by atoms with E-state index in [1.807, 2.05) is 7.05 Å². The molecule has 0 amide bonds. The van der Waals surface area contributed by atoms with Crippen LogP contribution >= 0.6 is 24.0 Å². The molecule has 4 heteroatoms. The van der Waals surface area contributed by atoms with Crippen molar-refractivity contribution >= 4 is 29.9 Å². The lowest BCUT2D eigenvalue weighted by Gasteiger charge is -2.11. The van der Waals surface area contributed by atoms with Crippen molar-refractivity contribution in [3.63, 3.8) is 0 Å². The van der Waals surface area contributed by atoms with Crippen molar-refractivity contribution in [1.82, 2.24) is 10.6 Å². The van der Waals surface area contributed by atoms with Crippen molar-refractivity contribution in [2.75, 3.05) is 13.6 Å². The zero-order valence-electron chi connectivity index (χ0n) is 12.6. The number of nitrogens with zero attached hydrogens (tertiary/aromatic N) is 1. The summed E-state index contributed by atoms with van der Waals surface area (Å²) in [6.07, 6.45) is 3.40. The third-order valence-corrected chi connectivity index (χ3v) is 3.79. The summed E-state index contributed by atoms with van der Waals surface area (Å²) in [5.41, 5.74) is 2.77. The molecular weight excluding hydrogens is 361 g/mol. The largest absolute Gasteiger partial charge is 0.356 e. The molecule has 112 valence electrons. The monoisotopic (exact) mass is 387 g/mol. The zero-order valence-corrected chi connectivity index (χ0v) is 15.0. The van der Waals surface area contributed by atoms with Crippen LogP contribution in [0.15, 0.2) is 29.3 Å². The number of guanidine groups is 1. The Morgan fingerprint density at radius 1 is 1.25 bits per heavy atom. The molecule has 2 N–H and O–H groups in total. The summed E-state index contributed by atoms with van der Waals surface area (Å²) in [7, 11) is 1.83. The van der Waals surface area contributed by atoms with Gasteiger partial charge in [0, 0.05) is 19.6 Å². The maximum atomic E-state index is 4.26. The van der Waals surface area contributed by atoms with Crippen LogP contribution in [0.5, 0.6) is 0 Å². The molecule has 0 spiro atoms. The SMILES string of the molecule is CCc1ccc(CCNC(=NC)NC2CC2C)cc1.I. The number of nitrogens with one attached hydrogen (secondary N) is 2. The Labute approximate surface area is 139 Å². The van der Waals surface area contributed by atoms with E-state index in [1.165, 1.54) is 17.5 Å². The lowest BCUT2D eigenvalue weighted by Crippen LogP contribution is -2.39. The first-order chi connectivity index (χ1) is 9.22. The molecule has 0 aliphatic heterocycles. The first-order valence-electron chi connectivity index (χ1n) is 7.28. The van der Waals surface area contributed by atoms with Gasteiger partial charge in [-0.3, -0.25) is 4.99 Å². The molecule has 3 nitrogen and oxygen atoms in total. The van der Waals surface area contributed by atoms with Gasteiger partial charge < -0.3 is 10.6 Å². The second kappa shape index (κ2) is 8.49. The van der Waals surface area contributed by atoms with Crippen molar-refractivity contribution in [1.29, 1.82) is 0 Å². The van der Waals surface area contributed by atoms with Crippen molar-refractivity contribution in [2.45, 2.75) is 39.2 Å². The summed E-state index contributed by atoms with van der Waals surface area (Å²) < 4.78 is 0. The zero-order chi connectivity index (χ0) is 13.7. The minimum Gasteiger partial charge on any atom is -0.356 e. The fraction of sp³-hybridized carbons (Fsp3) is 0.562. The van der Waals surface area contributed by atoms with Crippen LogP contribution in [-0.2, 0) is 12.8 Å². The van der Waals surface area contributed by atoms with E-state index < -0.39 is 0 Å². The van der Waals surface area contributed by atoms with E-state index in [0.29, 0.717) is 6.04 Å². The van der Waals surface area contributed by atoms with Gasteiger partial charge in [0.15, 0.2) is 5.96 Å². The predicted octanol–water partition coefficient (Wildman–Crippen LogP) is 2.98. The number of aliphatic imine (C=N–C) groups is 1. The Morgan fingerprint density at radius 2 is 1.85 bits per heavy atom. The molecule has 0 radical (unpaired) electrons. The minimum atomic E-state index is 0. The second-order valence-corrected chi connectivity index (χ2v) is 5.38. The summed E-state index contributed by atoms with van der Waals surface area (Å²) in [6, 6.07) is 9.50. The Morgan fingerprint density at radius 3 is 2.35 bits per heavy atom. The van der Waals surface area contributed by atoms with E-state index in [4.69, 9.17) is 0 Å². The number of benzene rings is 1. The third kappa shape index (κ3) is 5.31. The Bertz CT molecular complexity index is 428. The summed E-state index contributed by atoms with van der Waals surface area (Å²) in [5.74, 6) is 1.72. The van der Waals surface area contributed by atoms with E-state index in [2.05, 4.69) is 53.7 Å². The lowest BCUT2D eigenvalue weighted by atomic mass is 10.1. The molecule has 2 unspecified atom stereocenters. The molecule has 1 aliphatic rings. The number of halogens is 1. The van der Waals surface area contributed by atoms with Gasteiger partial charge in [-0.25, -0.2) is 0 Å². The smallest absolute Gasteiger partial charge is 0.191 e. The van der Waals surface area contributed by atoms with Gasteiger partial charge >= 0.3 is 0 Å². The molecule has 1 aromatic rings. The van der Waals surface area contributed by atoms with Crippen LogP contribution in [0.1, 0.15) is 31.4 Å². The van der Waals surface area contributed by atoms with Crippen molar-refractivity contribution in [2.24, 2.45) is 10.9 Å². The number of aryl methyl sites for hydroxylation is 1. The van der Waals surface area contributed by atoms with Crippen molar-refractivity contribution in [3.05, 3.63) is 35.4 Å². The molecule has 1 aromatic carbocycles. The Hall–Kier alpha value is -0.780. The predicted molar refractivity (Wildman–Crippen MR) is 97.0 cm³/mol. The van der Waals surface area contributed by atoms with Gasteiger partial charge in [0.2, 0.25) is 0 Å². The van der Waals surface area contributed by atoms with E-state index in [9.17, 15) is 0 Å². The summed E-state index contributed by atoms with van der Waals surface area (Å²) in [6.45, 7) is 5.37. The minimum absolute atomic E-state index is 0. The maximum absolute atomic E-state index is 4.26. The topological polar surface area (TPSA) is 36.4 Å². The third-order valence-electron chi connectivity index (χ3n) is 3.79. The van der Waals surface area contributed by atoms with Gasteiger partial charge in [0.1, 0.15) is 0 Å². The maximum Gasteiger partial charge on any atom is 0.191 e. The molecule has 2 atom stereocenters. The van der Waals surface area contributed by atoms with Gasteiger partial charge in [0.25, 0.3) is 0 Å². The molecule has 0 aromatic heterocycles. The van der Waals surface area contributed by atoms with Crippen LogP contribution in [0.25, 0.3) is 0 Å². The lowest BCUT2D eigenvalue weighted by molar-refractivity contribution is 0.758. The number of hydrogen-bond donors (Lipinski definition) is 2. The summed E-state index contributed by atoms with van der Waals surface area (Å²) in [4.78, 5) is 4.26. The number of hydrogen-bond acceptors (Lipinski definition) is 1. The van der Waals surface area contributed by atoms with Crippen molar-refractivity contribution < 1.29 is 0 Å². The number of rotatable bonds is 5. The summed E-state index contributed by atoms with van der Waals surface area (Å²) >= 11 is 0. The average Bonchev–Trinajstić information content (AvgIpc) is 3.13. The molecule has 1 fully saturated rings. The van der Waals surface area contributed by atoms with Gasteiger partial charge in [-0.15, -0.1) is 24.0 Å². The molecule has 1 saturated carbocycles. The normalized spacial score (nSPS) is 21.1. The molecule has 20 heavy (non-hydrogen) atoms. The Kier molecular flexibility index (Phi) is 7.34. The van der Waals surface area contributed by atoms with Crippen LogP contribution in [-0.4, -0.2) is 25.6 Å². The van der Waals surface area contributed by atoms with Crippen LogP contribution < -0.4 is 10.6 Å². The first kappa shape index (κ1) is 17.3. The molecule has 0 bridgehead atoms. The van der Waals surface area contributed by atoms with Gasteiger partial charge in [-0.05, 0) is 36.3 Å². The molecule has 0 saturated heterocycles. The highest BCUT2D eigenvalue weighted by molar-refractivity contribution is 14.0. The highest BCUT2D eigenvalue weighted by Crippen LogP contribution is 2.28. The van der Waals surface area contributed by atoms with Crippen LogP contribution in [0, 0.1) is 5.92 Å². The fourth-order valence-corrected chi connectivity index (χ4v) is 2.16. The summed E-state index contributed by atoms with van der Waals surface area (Å²) in [5, 5.41) is 6.81. The highest BCUT2D eigenvalue weighted by Gasteiger charge is 2.33. The second-order valence-electron chi connectivity index (χ2n) is 5.38. The first-order valence-corrected chi connectivity index (χ1v) is 7.28. The molecule has 0 heterocycles. The van der Waals surface area contributed by atoms with Crippen molar-refractivity contribution in [3.8, 4) is 0 Å². The van der Waals surface area contributed by atoms with Gasteiger partial charge in [-0.2, -0.15) is 0 Å². The molecule has 1 aliphatic carbocycles. The quantitative estimate of drug-likeness (QED) is 0.463. The Balaban J connectivity index is 0.00000200. The van der Waals surface area contributed by atoms with E-state index in [1.54, 1.807) is 0 Å². The van der Waals surface area contributed by atoms with Crippen LogP contribution in [0.3, 0.4) is 0 Å². The van der Waals surface area contributed by atoms with E-state index in [-0.39, 0.29) is 24.0 Å². The van der Waals surface area contributed by atoms with Gasteiger partial charge in [-0.1, -0.05) is 38.1 Å². The average molecular weight is 387 g/mol. The molecular formula is C16H26IN3. The molecule has 2 rings (SSSR count). The fourth-order valence-electron chi connectivity index (χ4n) is 2.16. The van der Waals surface area contributed by atoms with Crippen LogP contribution in [0.4, 0.5) is 0 Å². The van der Waals surface area contributed by atoms with Crippen LogP contribution in [0.2, 0.25) is 0 Å². The van der Waals surface area contributed by atoms with E-state index >= 15 is 0 Å².